The molecule has 0 heterocycles. The number of nitrogens with one attached hydrogen (secondary N) is 2. The van der Waals surface area contributed by atoms with Crippen molar-refractivity contribution in [2.75, 3.05) is 13.1 Å². The van der Waals surface area contributed by atoms with Gasteiger partial charge in [-0.3, -0.25) is 14.4 Å². The minimum absolute atomic E-state index is 0.0144. The van der Waals surface area contributed by atoms with Crippen LogP contribution >= 0.6 is 11.6 Å². The second kappa shape index (κ2) is 11.7. The molecule has 10 heteroatoms. The third kappa shape index (κ3) is 7.48. The van der Waals surface area contributed by atoms with Gasteiger partial charge in [0.1, 0.15) is 6.54 Å². The summed E-state index contributed by atoms with van der Waals surface area (Å²) in [4.78, 5) is 37.5. The number of aryl methyl sites for hydroxylation is 1. The van der Waals surface area contributed by atoms with Crippen molar-refractivity contribution in [1.29, 1.82) is 0 Å². The van der Waals surface area contributed by atoms with E-state index in [0.29, 0.717) is 16.1 Å². The van der Waals surface area contributed by atoms with Gasteiger partial charge in [-0.2, -0.15) is 0 Å². The van der Waals surface area contributed by atoms with Gasteiger partial charge in [0, 0.05) is 16.1 Å². The van der Waals surface area contributed by atoms with E-state index in [1.54, 1.807) is 66.7 Å². The number of amides is 1. The zero-order valence-corrected chi connectivity index (χ0v) is 20.3. The number of carbonyl (C=O) groups excluding carboxylic acids is 3. The SMILES string of the molecule is Cc1ccc(S(=O)(=O)NCC(=O)NCC(=O)O[C@H](C(=O)c2ccccc2)c2ccc(Cl)cc2)cc1. The molecule has 35 heavy (non-hydrogen) atoms. The number of sulfonamides is 1. The third-order valence-electron chi connectivity index (χ3n) is 4.90. The van der Waals surface area contributed by atoms with Crippen LogP contribution in [0.3, 0.4) is 0 Å². The van der Waals surface area contributed by atoms with E-state index in [4.69, 9.17) is 16.3 Å². The molecule has 182 valence electrons. The van der Waals surface area contributed by atoms with Gasteiger partial charge in [-0.25, -0.2) is 13.1 Å². The first-order valence-electron chi connectivity index (χ1n) is 10.5. The van der Waals surface area contributed by atoms with Crippen molar-refractivity contribution < 1.29 is 27.5 Å². The quantitative estimate of drug-likeness (QED) is 0.317. The Morgan fingerprint density at radius 1 is 0.886 bits per heavy atom. The summed E-state index contributed by atoms with van der Waals surface area (Å²) in [6.45, 7) is 0.686. The molecule has 0 spiro atoms. The summed E-state index contributed by atoms with van der Waals surface area (Å²) in [5.74, 6) is -2.06. The highest BCUT2D eigenvalue weighted by Gasteiger charge is 2.26. The maximum Gasteiger partial charge on any atom is 0.326 e. The molecule has 2 N–H and O–H groups in total. The predicted molar refractivity (Wildman–Crippen MR) is 130 cm³/mol. The van der Waals surface area contributed by atoms with E-state index in [2.05, 4.69) is 10.0 Å². The minimum Gasteiger partial charge on any atom is -0.448 e. The summed E-state index contributed by atoms with van der Waals surface area (Å²) in [6, 6.07) is 20.7. The van der Waals surface area contributed by atoms with Crippen LogP contribution in [0, 0.1) is 6.92 Å². The lowest BCUT2D eigenvalue weighted by Gasteiger charge is -2.18. The first kappa shape index (κ1) is 26.1. The van der Waals surface area contributed by atoms with Crippen LogP contribution in [0.5, 0.6) is 0 Å². The number of ketones is 1. The van der Waals surface area contributed by atoms with Crippen LogP contribution in [0.25, 0.3) is 0 Å². The predicted octanol–water partition coefficient (Wildman–Crippen LogP) is 3.21. The lowest BCUT2D eigenvalue weighted by Crippen LogP contribution is -2.39. The highest BCUT2D eigenvalue weighted by atomic mass is 35.5. The van der Waals surface area contributed by atoms with E-state index in [9.17, 15) is 22.8 Å². The smallest absolute Gasteiger partial charge is 0.326 e. The van der Waals surface area contributed by atoms with E-state index in [1.807, 2.05) is 6.92 Å². The van der Waals surface area contributed by atoms with Crippen molar-refractivity contribution in [3.05, 3.63) is 101 Å². The Morgan fingerprint density at radius 2 is 1.51 bits per heavy atom. The van der Waals surface area contributed by atoms with Crippen molar-refractivity contribution >= 4 is 39.3 Å². The molecule has 0 saturated carbocycles. The molecular weight excluding hydrogens is 492 g/mol. The number of esters is 1. The summed E-state index contributed by atoms with van der Waals surface area (Å²) in [7, 11) is -3.89. The summed E-state index contributed by atoms with van der Waals surface area (Å²) < 4.78 is 32.1. The molecule has 0 radical (unpaired) electrons. The van der Waals surface area contributed by atoms with Crippen molar-refractivity contribution in [3.8, 4) is 0 Å². The number of benzene rings is 3. The Labute approximate surface area is 208 Å². The van der Waals surface area contributed by atoms with Crippen LogP contribution in [-0.2, 0) is 24.3 Å². The van der Waals surface area contributed by atoms with Crippen molar-refractivity contribution in [1.82, 2.24) is 10.0 Å². The molecule has 0 aliphatic rings. The maximum atomic E-state index is 13.0. The van der Waals surface area contributed by atoms with Crippen LogP contribution in [0.2, 0.25) is 5.02 Å². The number of Topliss-reactive ketones (excluding diaryl/α,β-unsaturated/α-hetero) is 1. The summed E-state index contributed by atoms with van der Waals surface area (Å²) in [6.07, 6.45) is -1.25. The Bertz CT molecular complexity index is 1290. The summed E-state index contributed by atoms with van der Waals surface area (Å²) >= 11 is 5.92. The monoisotopic (exact) mass is 514 g/mol. The molecule has 0 bridgehead atoms. The number of halogens is 1. The third-order valence-corrected chi connectivity index (χ3v) is 6.57. The number of hydrogen-bond donors (Lipinski definition) is 2. The first-order chi connectivity index (χ1) is 16.7. The minimum atomic E-state index is -3.89. The Morgan fingerprint density at radius 3 is 2.14 bits per heavy atom. The largest absolute Gasteiger partial charge is 0.448 e. The number of hydrogen-bond acceptors (Lipinski definition) is 6. The first-order valence-corrected chi connectivity index (χ1v) is 12.4. The average Bonchev–Trinajstić information content (AvgIpc) is 2.86. The summed E-state index contributed by atoms with van der Waals surface area (Å²) in [5, 5.41) is 2.74. The number of rotatable bonds is 10. The van der Waals surface area contributed by atoms with Gasteiger partial charge < -0.3 is 10.1 Å². The van der Waals surface area contributed by atoms with Crippen LogP contribution in [-0.4, -0.2) is 39.2 Å². The Balaban J connectivity index is 1.60. The maximum absolute atomic E-state index is 13.0. The highest BCUT2D eigenvalue weighted by Crippen LogP contribution is 2.24. The van der Waals surface area contributed by atoms with Gasteiger partial charge in [0.15, 0.2) is 6.10 Å². The van der Waals surface area contributed by atoms with Crippen LogP contribution in [0.1, 0.15) is 27.6 Å². The van der Waals surface area contributed by atoms with Crippen molar-refractivity contribution in [2.24, 2.45) is 0 Å². The molecular formula is C25H23ClN2O6S. The fourth-order valence-electron chi connectivity index (χ4n) is 3.03. The highest BCUT2D eigenvalue weighted by molar-refractivity contribution is 7.89. The van der Waals surface area contributed by atoms with Crippen LogP contribution in [0.4, 0.5) is 0 Å². The molecule has 0 unspecified atom stereocenters. The van der Waals surface area contributed by atoms with Gasteiger partial charge in [-0.1, -0.05) is 71.8 Å². The van der Waals surface area contributed by atoms with Crippen LogP contribution in [0.15, 0.2) is 83.8 Å². The molecule has 0 saturated heterocycles. The van der Waals surface area contributed by atoms with E-state index in [0.717, 1.165) is 5.56 Å². The lowest BCUT2D eigenvalue weighted by atomic mass is 10.00. The Hall–Kier alpha value is -3.53. The van der Waals surface area contributed by atoms with Gasteiger partial charge in [0.25, 0.3) is 0 Å². The van der Waals surface area contributed by atoms with Crippen molar-refractivity contribution in [3.63, 3.8) is 0 Å². The topological polar surface area (TPSA) is 119 Å². The molecule has 3 aromatic rings. The van der Waals surface area contributed by atoms with E-state index < -0.39 is 46.9 Å². The zero-order chi connectivity index (χ0) is 25.4. The molecule has 0 aromatic heterocycles. The normalized spacial score (nSPS) is 11.9. The molecule has 8 nitrogen and oxygen atoms in total. The van der Waals surface area contributed by atoms with Gasteiger partial charge in [-0.15, -0.1) is 0 Å². The molecule has 0 aliphatic heterocycles. The molecule has 3 rings (SSSR count). The van der Waals surface area contributed by atoms with Gasteiger partial charge in [0.05, 0.1) is 11.4 Å². The average molecular weight is 515 g/mol. The van der Waals surface area contributed by atoms with Crippen LogP contribution < -0.4 is 10.0 Å². The molecule has 0 fully saturated rings. The van der Waals surface area contributed by atoms with Gasteiger partial charge in [-0.05, 0) is 31.2 Å². The molecule has 3 aromatic carbocycles. The molecule has 1 amide bonds. The van der Waals surface area contributed by atoms with E-state index in [1.165, 1.54) is 12.1 Å². The molecule has 1 atom stereocenters. The summed E-state index contributed by atoms with van der Waals surface area (Å²) in [5.41, 5.74) is 1.64. The second-order valence-corrected chi connectivity index (χ2v) is 9.77. The van der Waals surface area contributed by atoms with E-state index >= 15 is 0 Å². The van der Waals surface area contributed by atoms with Gasteiger partial charge >= 0.3 is 5.97 Å². The lowest BCUT2D eigenvalue weighted by molar-refractivity contribution is -0.147. The Kier molecular flexibility index (Phi) is 8.75. The van der Waals surface area contributed by atoms with E-state index in [-0.39, 0.29) is 4.90 Å². The second-order valence-electron chi connectivity index (χ2n) is 7.57. The fraction of sp³-hybridized carbons (Fsp3) is 0.160. The van der Waals surface area contributed by atoms with Crippen molar-refractivity contribution in [2.45, 2.75) is 17.9 Å². The number of carbonyl (C=O) groups is 3. The zero-order valence-electron chi connectivity index (χ0n) is 18.7. The number of ether oxygens (including phenoxy) is 1. The molecule has 0 aliphatic carbocycles. The fourth-order valence-corrected chi connectivity index (χ4v) is 4.14. The van der Waals surface area contributed by atoms with Gasteiger partial charge in [0.2, 0.25) is 21.7 Å². The standard InChI is InChI=1S/C25H23ClN2O6S/c1-17-7-13-21(14-8-17)35(32,33)28-15-22(29)27-16-23(30)34-25(19-9-11-20(26)12-10-19)24(31)18-5-3-2-4-6-18/h2-14,25,28H,15-16H2,1H3,(H,27,29)/t25-/m0/s1.